The van der Waals surface area contributed by atoms with E-state index in [1.165, 1.54) is 36.8 Å². The van der Waals surface area contributed by atoms with Crippen LogP contribution < -0.4 is 0 Å². The Bertz CT molecular complexity index is 924. The molecule has 2 heteroatoms. The lowest BCUT2D eigenvalue weighted by Crippen LogP contribution is -2.21. The van der Waals surface area contributed by atoms with Crippen molar-refractivity contribution in [3.63, 3.8) is 0 Å². The standard InChI is InChI=1S/C31H40OS/c1-4-5-14-28(24(2)26-15-8-6-9-16-26)21-30(25(3)27-17-10-7-11-18-27)23-33-22-29-19-12-13-20-31(29)32/h6-13,15-20,24-25,28,30,32H,4-5,14,21-23H2,1-3H3. The summed E-state index contributed by atoms with van der Waals surface area (Å²) in [5.74, 6) is 4.72. The topological polar surface area (TPSA) is 20.2 Å². The Morgan fingerprint density at radius 2 is 1.27 bits per heavy atom. The molecule has 176 valence electrons. The first-order valence-electron chi connectivity index (χ1n) is 12.5. The normalized spacial score (nSPS) is 15.0. The number of rotatable bonds is 13. The Balaban J connectivity index is 1.77. The molecule has 0 radical (unpaired) electrons. The zero-order valence-corrected chi connectivity index (χ0v) is 21.3. The largest absolute Gasteiger partial charge is 0.508 e. The van der Waals surface area contributed by atoms with Crippen molar-refractivity contribution in [2.75, 3.05) is 5.75 Å². The number of benzene rings is 3. The number of aromatic hydroxyl groups is 1. The maximum atomic E-state index is 10.2. The molecular formula is C31H40OS. The molecule has 0 bridgehead atoms. The van der Waals surface area contributed by atoms with Crippen LogP contribution in [0.25, 0.3) is 0 Å². The third kappa shape index (κ3) is 7.67. The van der Waals surface area contributed by atoms with E-state index >= 15 is 0 Å². The molecule has 0 aliphatic rings. The quantitative estimate of drug-likeness (QED) is 0.274. The summed E-state index contributed by atoms with van der Waals surface area (Å²) >= 11 is 1.96. The highest BCUT2D eigenvalue weighted by Crippen LogP contribution is 2.39. The van der Waals surface area contributed by atoms with E-state index in [0.29, 0.717) is 29.4 Å². The molecule has 33 heavy (non-hydrogen) atoms. The second kappa shape index (κ2) is 13.5. The van der Waals surface area contributed by atoms with Gasteiger partial charge in [-0.3, -0.25) is 0 Å². The van der Waals surface area contributed by atoms with Gasteiger partial charge in [0.15, 0.2) is 0 Å². The van der Waals surface area contributed by atoms with Crippen LogP contribution in [0.2, 0.25) is 0 Å². The molecule has 4 unspecified atom stereocenters. The average Bonchev–Trinajstić information content (AvgIpc) is 2.86. The Labute approximate surface area is 205 Å². The van der Waals surface area contributed by atoms with E-state index in [-0.39, 0.29) is 0 Å². The maximum absolute atomic E-state index is 10.2. The highest BCUT2D eigenvalue weighted by atomic mass is 32.2. The van der Waals surface area contributed by atoms with Gasteiger partial charge >= 0.3 is 0 Å². The number of phenolic OH excluding ortho intramolecular Hbond substituents is 1. The van der Waals surface area contributed by atoms with Gasteiger partial charge in [0.1, 0.15) is 5.75 Å². The lowest BCUT2D eigenvalue weighted by Gasteiger charge is -2.32. The van der Waals surface area contributed by atoms with E-state index in [0.717, 1.165) is 17.1 Å². The molecule has 0 saturated carbocycles. The fraction of sp³-hybridized carbons (Fsp3) is 0.419. The van der Waals surface area contributed by atoms with E-state index in [4.69, 9.17) is 0 Å². The van der Waals surface area contributed by atoms with Crippen molar-refractivity contribution in [1.82, 2.24) is 0 Å². The molecule has 0 saturated heterocycles. The van der Waals surface area contributed by atoms with Crippen LogP contribution in [0.5, 0.6) is 5.75 Å². The maximum Gasteiger partial charge on any atom is 0.119 e. The molecule has 4 atom stereocenters. The summed E-state index contributed by atoms with van der Waals surface area (Å²) in [6.45, 7) is 7.14. The van der Waals surface area contributed by atoms with Crippen LogP contribution in [-0.2, 0) is 5.75 Å². The van der Waals surface area contributed by atoms with Gasteiger partial charge in [0.25, 0.3) is 0 Å². The summed E-state index contributed by atoms with van der Waals surface area (Å²) in [5.41, 5.74) is 3.94. The van der Waals surface area contributed by atoms with Crippen molar-refractivity contribution < 1.29 is 5.11 Å². The second-order valence-corrected chi connectivity index (χ2v) is 10.5. The number of thioether (sulfide) groups is 1. The van der Waals surface area contributed by atoms with Crippen LogP contribution >= 0.6 is 11.8 Å². The minimum Gasteiger partial charge on any atom is -0.508 e. The summed E-state index contributed by atoms with van der Waals surface area (Å²) in [6.07, 6.45) is 5.06. The van der Waals surface area contributed by atoms with Gasteiger partial charge < -0.3 is 5.11 Å². The lowest BCUT2D eigenvalue weighted by atomic mass is 9.75. The second-order valence-electron chi connectivity index (χ2n) is 9.44. The van der Waals surface area contributed by atoms with Crippen molar-refractivity contribution in [3.8, 4) is 5.75 Å². The molecule has 1 N–H and O–H groups in total. The first-order chi connectivity index (χ1) is 16.1. The minimum absolute atomic E-state index is 0.413. The van der Waals surface area contributed by atoms with Gasteiger partial charge in [0.05, 0.1) is 0 Å². The number of phenols is 1. The monoisotopic (exact) mass is 460 g/mol. The summed E-state index contributed by atoms with van der Waals surface area (Å²) < 4.78 is 0. The Morgan fingerprint density at radius 1 is 0.727 bits per heavy atom. The molecule has 0 aliphatic carbocycles. The lowest BCUT2D eigenvalue weighted by molar-refractivity contribution is 0.301. The zero-order chi connectivity index (χ0) is 23.5. The van der Waals surface area contributed by atoms with Crippen LogP contribution in [-0.4, -0.2) is 10.9 Å². The number of hydrogen-bond donors (Lipinski definition) is 1. The fourth-order valence-corrected chi connectivity index (χ4v) is 6.16. The molecule has 0 amide bonds. The molecule has 3 rings (SSSR count). The van der Waals surface area contributed by atoms with Gasteiger partial charge in [-0.05, 0) is 59.5 Å². The van der Waals surface area contributed by atoms with Crippen LogP contribution in [0.1, 0.15) is 75.0 Å². The molecule has 0 aliphatic heterocycles. The van der Waals surface area contributed by atoms with Crippen molar-refractivity contribution in [1.29, 1.82) is 0 Å². The number of hydrogen-bond acceptors (Lipinski definition) is 2. The summed E-state index contributed by atoms with van der Waals surface area (Å²) in [4.78, 5) is 0. The highest BCUT2D eigenvalue weighted by Gasteiger charge is 2.27. The van der Waals surface area contributed by atoms with Gasteiger partial charge in [0, 0.05) is 11.3 Å². The van der Waals surface area contributed by atoms with E-state index in [9.17, 15) is 5.11 Å². The summed E-state index contributed by atoms with van der Waals surface area (Å²) in [6, 6.07) is 29.8. The molecule has 0 spiro atoms. The smallest absolute Gasteiger partial charge is 0.119 e. The van der Waals surface area contributed by atoms with Crippen LogP contribution in [0.4, 0.5) is 0 Å². The van der Waals surface area contributed by atoms with E-state index in [2.05, 4.69) is 81.4 Å². The summed E-state index contributed by atoms with van der Waals surface area (Å²) in [7, 11) is 0. The Morgan fingerprint density at radius 3 is 1.85 bits per heavy atom. The van der Waals surface area contributed by atoms with Crippen molar-refractivity contribution >= 4 is 11.8 Å². The highest BCUT2D eigenvalue weighted by molar-refractivity contribution is 7.98. The van der Waals surface area contributed by atoms with Gasteiger partial charge in [0.2, 0.25) is 0 Å². The first-order valence-corrected chi connectivity index (χ1v) is 13.7. The minimum atomic E-state index is 0.413. The van der Waals surface area contributed by atoms with Crippen molar-refractivity contribution in [2.24, 2.45) is 11.8 Å². The zero-order valence-electron chi connectivity index (χ0n) is 20.5. The molecule has 3 aromatic rings. The molecule has 0 fully saturated rings. The van der Waals surface area contributed by atoms with Gasteiger partial charge in [-0.25, -0.2) is 0 Å². The Hall–Kier alpha value is -2.19. The van der Waals surface area contributed by atoms with E-state index < -0.39 is 0 Å². The van der Waals surface area contributed by atoms with Crippen molar-refractivity contribution in [3.05, 3.63) is 102 Å². The molecule has 1 nitrogen and oxygen atoms in total. The summed E-state index contributed by atoms with van der Waals surface area (Å²) in [5, 5.41) is 10.2. The average molecular weight is 461 g/mol. The van der Waals surface area contributed by atoms with Crippen LogP contribution in [0, 0.1) is 11.8 Å². The molecule has 0 aromatic heterocycles. The third-order valence-electron chi connectivity index (χ3n) is 7.18. The van der Waals surface area contributed by atoms with E-state index in [1.807, 2.05) is 30.0 Å². The molecule has 3 aromatic carbocycles. The SMILES string of the molecule is CCCCC(CC(CSCc1ccccc1O)C(C)c1ccccc1)C(C)c1ccccc1. The van der Waals surface area contributed by atoms with Crippen molar-refractivity contribution in [2.45, 2.75) is 64.0 Å². The molecular weight excluding hydrogens is 420 g/mol. The third-order valence-corrected chi connectivity index (χ3v) is 8.36. The number of para-hydroxylation sites is 1. The Kier molecular flexibility index (Phi) is 10.4. The van der Waals surface area contributed by atoms with Gasteiger partial charge in [-0.15, -0.1) is 0 Å². The van der Waals surface area contributed by atoms with Gasteiger partial charge in [-0.1, -0.05) is 112 Å². The van der Waals surface area contributed by atoms with Crippen LogP contribution in [0.3, 0.4) is 0 Å². The predicted molar refractivity (Wildman–Crippen MR) is 145 cm³/mol. The van der Waals surface area contributed by atoms with E-state index in [1.54, 1.807) is 6.07 Å². The fourth-order valence-electron chi connectivity index (χ4n) is 4.85. The number of unbranched alkanes of at least 4 members (excludes halogenated alkanes) is 1. The first kappa shape index (κ1) is 25.4. The molecule has 0 heterocycles. The van der Waals surface area contributed by atoms with Gasteiger partial charge in [-0.2, -0.15) is 11.8 Å². The predicted octanol–water partition coefficient (Wildman–Crippen LogP) is 9.05. The van der Waals surface area contributed by atoms with Crippen LogP contribution in [0.15, 0.2) is 84.9 Å².